The van der Waals surface area contributed by atoms with E-state index in [0.29, 0.717) is 15.0 Å². The van der Waals surface area contributed by atoms with Crippen molar-refractivity contribution in [1.82, 2.24) is 0 Å². The highest BCUT2D eigenvalue weighted by Gasteiger charge is 2.16. The molecule has 1 rings (SSSR count). The predicted octanol–water partition coefficient (Wildman–Crippen LogP) is 2.13. The van der Waals surface area contributed by atoms with E-state index in [1.54, 1.807) is 5.38 Å². The van der Waals surface area contributed by atoms with Gasteiger partial charge >= 0.3 is 5.97 Å². The van der Waals surface area contributed by atoms with Crippen LogP contribution in [0.3, 0.4) is 0 Å². The molecule has 5 nitrogen and oxygen atoms in total. The van der Waals surface area contributed by atoms with Gasteiger partial charge < -0.3 is 15.3 Å². The van der Waals surface area contributed by atoms with Gasteiger partial charge in [-0.3, -0.25) is 0 Å². The van der Waals surface area contributed by atoms with Gasteiger partial charge in [-0.05, 0) is 15.9 Å². The quantitative estimate of drug-likeness (QED) is 0.292. The zero-order valence-electron chi connectivity index (χ0n) is 7.15. The molecule has 0 unspecified atom stereocenters. The minimum Gasteiger partial charge on any atom is -0.465 e. The van der Waals surface area contributed by atoms with Crippen LogP contribution in [-0.4, -0.2) is 24.6 Å². The number of nitrogens with one attached hydrogen (secondary N) is 1. The van der Waals surface area contributed by atoms with Crippen LogP contribution in [0.1, 0.15) is 9.67 Å². The zero-order valence-corrected chi connectivity index (χ0v) is 9.55. The summed E-state index contributed by atoms with van der Waals surface area (Å²) < 4.78 is 5.28. The Hall–Kier alpha value is -1.08. The summed E-state index contributed by atoms with van der Waals surface area (Å²) in [6, 6.07) is 0. The standard InChI is InChI=1S/C7H7BrN2O3S/c1-13-7(11)6-5(9-3-10-12)4(8)2-14-6/h2-3,12H,1H3,(H,9,10). The Bertz CT molecular complexity index is 364. The van der Waals surface area contributed by atoms with E-state index in [1.165, 1.54) is 18.4 Å². The van der Waals surface area contributed by atoms with Gasteiger partial charge in [-0.1, -0.05) is 5.16 Å². The lowest BCUT2D eigenvalue weighted by Gasteiger charge is -2.01. The third kappa shape index (κ3) is 2.24. The van der Waals surface area contributed by atoms with E-state index in [2.05, 4.69) is 31.1 Å². The number of esters is 1. The third-order valence-corrected chi connectivity index (χ3v) is 3.27. The monoisotopic (exact) mass is 278 g/mol. The van der Waals surface area contributed by atoms with Crippen molar-refractivity contribution >= 4 is 45.3 Å². The van der Waals surface area contributed by atoms with Crippen LogP contribution in [-0.2, 0) is 4.74 Å². The Labute approximate surface area is 92.5 Å². The van der Waals surface area contributed by atoms with E-state index in [0.717, 1.165) is 6.34 Å². The van der Waals surface area contributed by atoms with Crippen LogP contribution >= 0.6 is 27.3 Å². The van der Waals surface area contributed by atoms with Gasteiger partial charge in [0.05, 0.1) is 17.3 Å². The van der Waals surface area contributed by atoms with Crippen molar-refractivity contribution in [2.24, 2.45) is 5.16 Å². The molecule has 14 heavy (non-hydrogen) atoms. The molecule has 0 fully saturated rings. The highest BCUT2D eigenvalue weighted by Crippen LogP contribution is 2.32. The van der Waals surface area contributed by atoms with E-state index in [9.17, 15) is 4.79 Å². The normalized spacial score (nSPS) is 10.4. The molecule has 0 spiro atoms. The van der Waals surface area contributed by atoms with Gasteiger partial charge in [-0.25, -0.2) is 4.79 Å². The summed E-state index contributed by atoms with van der Waals surface area (Å²) in [4.78, 5) is 11.6. The summed E-state index contributed by atoms with van der Waals surface area (Å²) in [5, 5.41) is 15.4. The molecule has 2 N–H and O–H groups in total. The Kier molecular flexibility index (Phi) is 3.90. The van der Waals surface area contributed by atoms with Crippen LogP contribution in [0.2, 0.25) is 0 Å². The number of oxime groups is 1. The second kappa shape index (κ2) is 4.97. The zero-order chi connectivity index (χ0) is 10.6. The molecule has 0 radical (unpaired) electrons. The van der Waals surface area contributed by atoms with E-state index >= 15 is 0 Å². The predicted molar refractivity (Wildman–Crippen MR) is 57.3 cm³/mol. The number of rotatable bonds is 3. The second-order valence-electron chi connectivity index (χ2n) is 2.17. The third-order valence-electron chi connectivity index (χ3n) is 1.38. The van der Waals surface area contributed by atoms with Gasteiger partial charge in [0.2, 0.25) is 0 Å². The lowest BCUT2D eigenvalue weighted by molar-refractivity contribution is 0.0607. The van der Waals surface area contributed by atoms with Crippen LogP contribution in [0.5, 0.6) is 0 Å². The van der Waals surface area contributed by atoms with E-state index < -0.39 is 5.97 Å². The number of ether oxygens (including phenoxy) is 1. The molecule has 1 heterocycles. The highest BCUT2D eigenvalue weighted by atomic mass is 79.9. The topological polar surface area (TPSA) is 70.9 Å². The summed E-state index contributed by atoms with van der Waals surface area (Å²) in [6.45, 7) is 0. The number of thiophene rings is 1. The molecule has 0 atom stereocenters. The number of hydrogen-bond acceptors (Lipinski definition) is 5. The molecule has 0 aromatic carbocycles. The van der Waals surface area contributed by atoms with Gasteiger partial charge in [0.15, 0.2) is 0 Å². The first-order valence-corrected chi connectivity index (χ1v) is 5.15. The molecule has 0 saturated heterocycles. The maximum absolute atomic E-state index is 11.2. The molecule has 0 aliphatic heterocycles. The summed E-state index contributed by atoms with van der Waals surface area (Å²) in [7, 11) is 1.31. The lowest BCUT2D eigenvalue weighted by atomic mass is 10.4. The number of nitrogens with zero attached hydrogens (tertiary/aromatic N) is 1. The second-order valence-corrected chi connectivity index (χ2v) is 3.90. The fourth-order valence-corrected chi connectivity index (χ4v) is 2.34. The van der Waals surface area contributed by atoms with Gasteiger partial charge in [0, 0.05) is 5.38 Å². The van der Waals surface area contributed by atoms with Crippen molar-refractivity contribution < 1.29 is 14.7 Å². The fourth-order valence-electron chi connectivity index (χ4n) is 0.808. The highest BCUT2D eigenvalue weighted by molar-refractivity contribution is 9.10. The molecule has 0 amide bonds. The molecule has 1 aromatic rings. The van der Waals surface area contributed by atoms with E-state index in [1.807, 2.05) is 0 Å². The van der Waals surface area contributed by atoms with Crippen LogP contribution in [0.25, 0.3) is 0 Å². The fraction of sp³-hybridized carbons (Fsp3) is 0.143. The van der Waals surface area contributed by atoms with E-state index in [-0.39, 0.29) is 0 Å². The number of carbonyl (C=O) groups excluding carboxylic acids is 1. The Morgan fingerprint density at radius 2 is 2.57 bits per heavy atom. The Morgan fingerprint density at radius 1 is 1.86 bits per heavy atom. The largest absolute Gasteiger partial charge is 0.465 e. The van der Waals surface area contributed by atoms with Gasteiger partial charge in [0.1, 0.15) is 11.2 Å². The van der Waals surface area contributed by atoms with Crippen LogP contribution in [0.4, 0.5) is 5.69 Å². The Morgan fingerprint density at radius 3 is 3.14 bits per heavy atom. The van der Waals surface area contributed by atoms with Crippen molar-refractivity contribution in [3.05, 3.63) is 14.7 Å². The lowest BCUT2D eigenvalue weighted by Crippen LogP contribution is -2.04. The maximum Gasteiger partial charge on any atom is 0.350 e. The van der Waals surface area contributed by atoms with E-state index in [4.69, 9.17) is 5.21 Å². The summed E-state index contributed by atoms with van der Waals surface area (Å²) in [5.41, 5.74) is 0.527. The van der Waals surface area contributed by atoms with Crippen LogP contribution < -0.4 is 5.32 Å². The number of anilines is 1. The Balaban J connectivity index is 2.99. The SMILES string of the molecule is COC(=O)c1scc(Br)c1NC=NO. The minimum atomic E-state index is -0.436. The molecule has 7 heteroatoms. The first-order chi connectivity index (χ1) is 6.70. The minimum absolute atomic E-state index is 0.416. The molecule has 0 saturated carbocycles. The number of methoxy groups -OCH3 is 1. The molecular formula is C7H7BrN2O3S. The number of hydrogen-bond donors (Lipinski definition) is 2. The van der Waals surface area contributed by atoms with Crippen molar-refractivity contribution in [2.45, 2.75) is 0 Å². The van der Waals surface area contributed by atoms with Crippen molar-refractivity contribution in [3.63, 3.8) is 0 Å². The van der Waals surface area contributed by atoms with Crippen LogP contribution in [0, 0.1) is 0 Å². The van der Waals surface area contributed by atoms with Crippen molar-refractivity contribution in [3.8, 4) is 0 Å². The average molecular weight is 279 g/mol. The van der Waals surface area contributed by atoms with Gasteiger partial charge in [0.25, 0.3) is 0 Å². The summed E-state index contributed by atoms with van der Waals surface area (Å²) in [6.07, 6.45) is 1.07. The first kappa shape index (κ1) is 11.0. The van der Waals surface area contributed by atoms with Crippen LogP contribution in [0.15, 0.2) is 15.0 Å². The molecule has 1 aromatic heterocycles. The van der Waals surface area contributed by atoms with Gasteiger partial charge in [-0.2, -0.15) is 0 Å². The molecular weight excluding hydrogens is 272 g/mol. The molecule has 0 aliphatic rings. The maximum atomic E-state index is 11.2. The molecule has 0 bridgehead atoms. The summed E-state index contributed by atoms with van der Waals surface area (Å²) >= 11 is 4.47. The summed E-state index contributed by atoms with van der Waals surface area (Å²) in [5.74, 6) is -0.436. The van der Waals surface area contributed by atoms with Crippen molar-refractivity contribution in [1.29, 1.82) is 0 Å². The number of carbonyl (C=O) groups is 1. The van der Waals surface area contributed by atoms with Gasteiger partial charge in [-0.15, -0.1) is 11.3 Å². The first-order valence-electron chi connectivity index (χ1n) is 3.48. The number of halogens is 1. The molecule has 76 valence electrons. The average Bonchev–Trinajstić information content (AvgIpc) is 2.56. The van der Waals surface area contributed by atoms with Crippen molar-refractivity contribution in [2.75, 3.05) is 12.4 Å². The smallest absolute Gasteiger partial charge is 0.350 e. The molecule has 0 aliphatic carbocycles.